The molecule has 0 aliphatic carbocycles. The maximum Gasteiger partial charge on any atom is 0.410 e. The van der Waals surface area contributed by atoms with E-state index in [1.165, 1.54) is 16.7 Å². The van der Waals surface area contributed by atoms with Crippen molar-refractivity contribution < 1.29 is 9.53 Å². The highest BCUT2D eigenvalue weighted by molar-refractivity contribution is 5.68. The number of carbonyl (C=O) groups excluding carboxylic acids is 1. The molecule has 0 N–H and O–H groups in total. The van der Waals surface area contributed by atoms with Crippen molar-refractivity contribution in [2.24, 2.45) is 0 Å². The van der Waals surface area contributed by atoms with Gasteiger partial charge in [0.1, 0.15) is 11.9 Å². The fraction of sp³-hybridized carbons (Fsp3) is 0.370. The first-order chi connectivity index (χ1) is 15.3. The summed E-state index contributed by atoms with van der Waals surface area (Å²) in [4.78, 5) is 22.9. The predicted octanol–water partition coefficient (Wildman–Crippen LogP) is 5.77. The number of aryl methyl sites for hydroxylation is 1. The van der Waals surface area contributed by atoms with E-state index in [9.17, 15) is 4.79 Å². The van der Waals surface area contributed by atoms with Crippen LogP contribution >= 0.6 is 0 Å². The maximum absolute atomic E-state index is 12.6. The SMILES string of the molecule is Cc1ccc(C2(c3ccc(-c4ccncn4)cc3)CCN(C(=O)OC(C)(C)C)CC2)cc1. The lowest BCUT2D eigenvalue weighted by molar-refractivity contribution is 0.0180. The molecule has 4 rings (SSSR count). The summed E-state index contributed by atoms with van der Waals surface area (Å²) in [7, 11) is 0. The van der Waals surface area contributed by atoms with Crippen LogP contribution < -0.4 is 0 Å². The van der Waals surface area contributed by atoms with Crippen LogP contribution in [0.4, 0.5) is 4.79 Å². The highest BCUT2D eigenvalue weighted by atomic mass is 16.6. The van der Waals surface area contributed by atoms with Gasteiger partial charge in [0.25, 0.3) is 0 Å². The van der Waals surface area contributed by atoms with E-state index in [-0.39, 0.29) is 11.5 Å². The minimum atomic E-state index is -0.487. The second-order valence-electron chi connectivity index (χ2n) is 9.59. The minimum absolute atomic E-state index is 0.142. The average molecular weight is 430 g/mol. The van der Waals surface area contributed by atoms with Gasteiger partial charge in [-0.1, -0.05) is 54.1 Å². The molecule has 0 spiro atoms. The summed E-state index contributed by atoms with van der Waals surface area (Å²) in [5, 5.41) is 0. The maximum atomic E-state index is 12.6. The summed E-state index contributed by atoms with van der Waals surface area (Å²) < 4.78 is 5.61. The molecule has 2 heterocycles. The van der Waals surface area contributed by atoms with Crippen LogP contribution in [0.1, 0.15) is 50.3 Å². The van der Waals surface area contributed by atoms with Crippen LogP contribution in [0.3, 0.4) is 0 Å². The third kappa shape index (κ3) is 4.67. The number of hydrogen-bond donors (Lipinski definition) is 0. The molecule has 1 aliphatic heterocycles. The van der Waals surface area contributed by atoms with E-state index >= 15 is 0 Å². The fourth-order valence-corrected chi connectivity index (χ4v) is 4.44. The number of ether oxygens (including phenoxy) is 1. The molecule has 5 nitrogen and oxygen atoms in total. The zero-order chi connectivity index (χ0) is 22.8. The van der Waals surface area contributed by atoms with Crippen LogP contribution in [0.25, 0.3) is 11.3 Å². The first-order valence-corrected chi connectivity index (χ1v) is 11.2. The Bertz CT molecular complexity index is 1050. The molecule has 1 amide bonds. The second kappa shape index (κ2) is 8.73. The molecule has 0 bridgehead atoms. The first-order valence-electron chi connectivity index (χ1n) is 11.2. The molecular weight excluding hydrogens is 398 g/mol. The molecule has 2 aromatic carbocycles. The van der Waals surface area contributed by atoms with Gasteiger partial charge in [-0.3, -0.25) is 0 Å². The van der Waals surface area contributed by atoms with Gasteiger partial charge in [0.2, 0.25) is 0 Å². The summed E-state index contributed by atoms with van der Waals surface area (Å²) in [5.41, 5.74) is 5.16. The summed E-state index contributed by atoms with van der Waals surface area (Å²) in [6.07, 6.45) is 4.80. The smallest absolute Gasteiger partial charge is 0.410 e. The van der Waals surface area contributed by atoms with Gasteiger partial charge < -0.3 is 9.64 Å². The highest BCUT2D eigenvalue weighted by Gasteiger charge is 2.39. The van der Waals surface area contributed by atoms with Crippen LogP contribution in [-0.2, 0) is 10.2 Å². The third-order valence-corrected chi connectivity index (χ3v) is 6.19. The van der Waals surface area contributed by atoms with Crippen molar-refractivity contribution in [1.29, 1.82) is 0 Å². The van der Waals surface area contributed by atoms with Gasteiger partial charge >= 0.3 is 6.09 Å². The van der Waals surface area contributed by atoms with E-state index in [4.69, 9.17) is 4.74 Å². The molecule has 0 atom stereocenters. The Kier molecular flexibility index (Phi) is 6.00. The molecule has 0 unspecified atom stereocenters. The van der Waals surface area contributed by atoms with Crippen LogP contribution in [0.2, 0.25) is 0 Å². The Morgan fingerprint density at radius 2 is 1.53 bits per heavy atom. The number of piperidine rings is 1. The molecule has 1 saturated heterocycles. The normalized spacial score (nSPS) is 15.9. The van der Waals surface area contributed by atoms with Crippen LogP contribution in [-0.4, -0.2) is 39.7 Å². The number of hydrogen-bond acceptors (Lipinski definition) is 4. The van der Waals surface area contributed by atoms with Crippen molar-refractivity contribution in [2.75, 3.05) is 13.1 Å². The summed E-state index contributed by atoms with van der Waals surface area (Å²) >= 11 is 0. The largest absolute Gasteiger partial charge is 0.444 e. The van der Waals surface area contributed by atoms with E-state index in [1.54, 1.807) is 12.5 Å². The van der Waals surface area contributed by atoms with Crippen LogP contribution in [0.15, 0.2) is 67.1 Å². The van der Waals surface area contributed by atoms with E-state index in [0.29, 0.717) is 13.1 Å². The molecule has 5 heteroatoms. The Morgan fingerprint density at radius 1 is 0.938 bits per heavy atom. The molecule has 3 aromatic rings. The van der Waals surface area contributed by atoms with Crippen molar-refractivity contribution in [3.05, 3.63) is 83.8 Å². The zero-order valence-corrected chi connectivity index (χ0v) is 19.3. The Hall–Kier alpha value is -3.21. The van der Waals surface area contributed by atoms with Gasteiger partial charge in [-0.05, 0) is 57.7 Å². The van der Waals surface area contributed by atoms with Crippen molar-refractivity contribution in [2.45, 2.75) is 51.6 Å². The van der Waals surface area contributed by atoms with E-state index < -0.39 is 5.60 Å². The molecule has 0 radical (unpaired) electrons. The molecule has 166 valence electrons. The number of nitrogens with zero attached hydrogens (tertiary/aromatic N) is 3. The number of rotatable bonds is 3. The number of amides is 1. The van der Waals surface area contributed by atoms with E-state index in [1.807, 2.05) is 31.7 Å². The summed E-state index contributed by atoms with van der Waals surface area (Å²) in [5.74, 6) is 0. The molecule has 1 fully saturated rings. The molecule has 32 heavy (non-hydrogen) atoms. The molecule has 1 aliphatic rings. The topological polar surface area (TPSA) is 55.3 Å². The molecule has 1 aromatic heterocycles. The summed E-state index contributed by atoms with van der Waals surface area (Å²) in [6, 6.07) is 19.4. The summed E-state index contributed by atoms with van der Waals surface area (Å²) in [6.45, 7) is 9.16. The van der Waals surface area contributed by atoms with E-state index in [0.717, 1.165) is 24.1 Å². The fourth-order valence-electron chi connectivity index (χ4n) is 4.44. The monoisotopic (exact) mass is 429 g/mol. The van der Waals surface area contributed by atoms with Gasteiger partial charge in [0, 0.05) is 30.3 Å². The lowest BCUT2D eigenvalue weighted by atomic mass is 9.68. The van der Waals surface area contributed by atoms with Crippen molar-refractivity contribution >= 4 is 6.09 Å². The van der Waals surface area contributed by atoms with Gasteiger partial charge in [-0.25, -0.2) is 14.8 Å². The van der Waals surface area contributed by atoms with Crippen molar-refractivity contribution in [1.82, 2.24) is 14.9 Å². The average Bonchev–Trinajstić information content (AvgIpc) is 2.79. The van der Waals surface area contributed by atoms with E-state index in [2.05, 4.69) is 65.4 Å². The number of carbonyl (C=O) groups is 1. The molecule has 0 saturated carbocycles. The molecular formula is C27H31N3O2. The Labute approximate surface area is 190 Å². The van der Waals surface area contributed by atoms with Crippen LogP contribution in [0, 0.1) is 6.92 Å². The lowest BCUT2D eigenvalue weighted by Crippen LogP contribution is -2.47. The van der Waals surface area contributed by atoms with Gasteiger partial charge in [-0.15, -0.1) is 0 Å². The minimum Gasteiger partial charge on any atom is -0.444 e. The highest BCUT2D eigenvalue weighted by Crippen LogP contribution is 2.42. The predicted molar refractivity (Wildman–Crippen MR) is 126 cm³/mol. The quantitative estimate of drug-likeness (QED) is 0.530. The van der Waals surface area contributed by atoms with Crippen molar-refractivity contribution in [3.8, 4) is 11.3 Å². The lowest BCUT2D eigenvalue weighted by Gasteiger charge is -2.43. The Morgan fingerprint density at radius 3 is 2.06 bits per heavy atom. The van der Waals surface area contributed by atoms with Crippen molar-refractivity contribution in [3.63, 3.8) is 0 Å². The third-order valence-electron chi connectivity index (χ3n) is 6.19. The van der Waals surface area contributed by atoms with Crippen LogP contribution in [0.5, 0.6) is 0 Å². The number of likely N-dealkylation sites (tertiary alicyclic amines) is 1. The number of benzene rings is 2. The Balaban J connectivity index is 1.63. The first kappa shape index (κ1) is 22.0. The van der Waals surface area contributed by atoms with Gasteiger partial charge in [0.15, 0.2) is 0 Å². The second-order valence-corrected chi connectivity index (χ2v) is 9.59. The zero-order valence-electron chi connectivity index (χ0n) is 19.3. The van der Waals surface area contributed by atoms with Gasteiger partial charge in [0.05, 0.1) is 5.69 Å². The number of aromatic nitrogens is 2. The van der Waals surface area contributed by atoms with Gasteiger partial charge in [-0.2, -0.15) is 0 Å². The standard InChI is InChI=1S/C27H31N3O2/c1-20-5-9-22(10-6-20)27(14-17-30(18-15-27)25(31)32-26(2,3)4)23-11-7-21(8-12-23)24-13-16-28-19-29-24/h5-13,16,19H,14-15,17-18H2,1-4H3.